The number of sulfone groups is 2. The van der Waals surface area contributed by atoms with Crippen molar-refractivity contribution in [2.45, 2.75) is 29.2 Å². The summed E-state index contributed by atoms with van der Waals surface area (Å²) in [6.45, 7) is 3.63. The molecule has 0 saturated carbocycles. The highest BCUT2D eigenvalue weighted by atomic mass is 35.5. The minimum atomic E-state index is -3.57. The van der Waals surface area contributed by atoms with E-state index in [9.17, 15) is 16.8 Å². The summed E-state index contributed by atoms with van der Waals surface area (Å²) in [6, 6.07) is 3.98. The largest absolute Gasteiger partial charge is 0.378 e. The zero-order chi connectivity index (χ0) is 15.8. The predicted molar refractivity (Wildman–Crippen MR) is 81.1 cm³/mol. The van der Waals surface area contributed by atoms with E-state index in [2.05, 4.69) is 5.32 Å². The Morgan fingerprint density at radius 1 is 1.10 bits per heavy atom. The minimum absolute atomic E-state index is 0.0350. The Hall–Kier alpha value is -0.790. The van der Waals surface area contributed by atoms with Gasteiger partial charge in [0, 0.05) is 23.9 Å². The van der Waals surface area contributed by atoms with Crippen LogP contribution < -0.4 is 5.32 Å². The molecule has 0 aliphatic heterocycles. The molecule has 0 bridgehead atoms. The van der Waals surface area contributed by atoms with Gasteiger partial charge < -0.3 is 5.32 Å². The molecule has 0 heterocycles. The van der Waals surface area contributed by atoms with Crippen LogP contribution in [0.2, 0.25) is 0 Å². The fourth-order valence-corrected chi connectivity index (χ4v) is 3.19. The fraction of sp³-hybridized carbons (Fsp3) is 0.500. The Morgan fingerprint density at radius 3 is 2.05 bits per heavy atom. The second kappa shape index (κ2) is 5.54. The molecule has 20 heavy (non-hydrogen) atoms. The Bertz CT molecular complexity index is 709. The van der Waals surface area contributed by atoms with Gasteiger partial charge in [0.25, 0.3) is 0 Å². The molecule has 0 radical (unpaired) electrons. The highest BCUT2D eigenvalue weighted by Crippen LogP contribution is 2.27. The Morgan fingerprint density at radius 2 is 1.65 bits per heavy atom. The summed E-state index contributed by atoms with van der Waals surface area (Å²) in [5, 5.41) is 3.02. The maximum Gasteiger partial charge on any atom is 0.177 e. The molecule has 1 rings (SSSR count). The van der Waals surface area contributed by atoms with E-state index in [0.29, 0.717) is 5.69 Å². The topological polar surface area (TPSA) is 80.3 Å². The van der Waals surface area contributed by atoms with Crippen LogP contribution in [0.25, 0.3) is 0 Å². The number of alkyl halides is 1. The lowest BCUT2D eigenvalue weighted by Crippen LogP contribution is -2.33. The van der Waals surface area contributed by atoms with Crippen molar-refractivity contribution in [2.24, 2.45) is 0 Å². The summed E-state index contributed by atoms with van der Waals surface area (Å²) in [4.78, 5) is -0.0919. The maximum atomic E-state index is 11.8. The quantitative estimate of drug-likeness (QED) is 0.829. The molecule has 0 atom stereocenters. The standard InChI is InChI=1S/C12H18ClNO4S2/c1-12(2,8-13)14-10-6-5-9(19(3,15)16)7-11(10)20(4,17)18/h5-7,14H,8H2,1-4H3. The number of benzene rings is 1. The first-order chi connectivity index (χ1) is 8.87. The van der Waals surface area contributed by atoms with Gasteiger partial charge in [-0.2, -0.15) is 0 Å². The lowest BCUT2D eigenvalue weighted by molar-refractivity contribution is 0.599. The average molecular weight is 340 g/mol. The lowest BCUT2D eigenvalue weighted by atomic mass is 10.1. The van der Waals surface area contributed by atoms with Crippen LogP contribution in [0, 0.1) is 0 Å². The van der Waals surface area contributed by atoms with Gasteiger partial charge in [0.15, 0.2) is 19.7 Å². The molecule has 0 amide bonds. The molecule has 114 valence electrons. The smallest absolute Gasteiger partial charge is 0.177 e. The second-order valence-corrected chi connectivity index (χ2v) is 9.61. The summed E-state index contributed by atoms with van der Waals surface area (Å²) in [5.41, 5.74) is -0.182. The van der Waals surface area contributed by atoms with Crippen LogP contribution in [0.3, 0.4) is 0 Å². The van der Waals surface area contributed by atoms with Crippen molar-refractivity contribution in [3.63, 3.8) is 0 Å². The molecule has 0 aliphatic carbocycles. The molecule has 0 unspecified atom stereocenters. The van der Waals surface area contributed by atoms with Crippen molar-refractivity contribution in [2.75, 3.05) is 23.7 Å². The highest BCUT2D eigenvalue weighted by molar-refractivity contribution is 7.91. The van der Waals surface area contributed by atoms with Gasteiger partial charge in [-0.1, -0.05) is 0 Å². The molecule has 1 aromatic carbocycles. The number of hydrogen-bond donors (Lipinski definition) is 1. The summed E-state index contributed by atoms with van der Waals surface area (Å²) in [6.07, 6.45) is 2.07. The third kappa shape index (κ3) is 4.36. The van der Waals surface area contributed by atoms with Gasteiger partial charge in [0.05, 0.1) is 15.5 Å². The molecule has 0 aliphatic rings. The molecular weight excluding hydrogens is 322 g/mol. The van der Waals surface area contributed by atoms with E-state index in [1.165, 1.54) is 12.1 Å². The van der Waals surface area contributed by atoms with Crippen molar-refractivity contribution in [3.8, 4) is 0 Å². The normalized spacial score (nSPS) is 13.2. The first kappa shape index (κ1) is 17.3. The molecule has 0 spiro atoms. The van der Waals surface area contributed by atoms with E-state index in [-0.39, 0.29) is 15.7 Å². The van der Waals surface area contributed by atoms with E-state index >= 15 is 0 Å². The van der Waals surface area contributed by atoms with Crippen LogP contribution in [0.15, 0.2) is 28.0 Å². The van der Waals surface area contributed by atoms with E-state index < -0.39 is 25.2 Å². The van der Waals surface area contributed by atoms with Crippen LogP contribution in [-0.4, -0.2) is 40.8 Å². The van der Waals surface area contributed by atoms with E-state index in [4.69, 9.17) is 11.6 Å². The Labute approximate surface area is 125 Å². The molecule has 0 aromatic heterocycles. The third-order valence-corrected chi connectivity index (χ3v) is 5.50. The summed E-state index contributed by atoms with van der Waals surface area (Å²) >= 11 is 5.81. The maximum absolute atomic E-state index is 11.8. The molecule has 1 aromatic rings. The molecule has 0 fully saturated rings. The van der Waals surface area contributed by atoms with E-state index in [1.807, 2.05) is 13.8 Å². The molecular formula is C12H18ClNO4S2. The van der Waals surface area contributed by atoms with Crippen LogP contribution in [0.1, 0.15) is 13.8 Å². The van der Waals surface area contributed by atoms with Gasteiger partial charge >= 0.3 is 0 Å². The van der Waals surface area contributed by atoms with Gasteiger partial charge in [-0.25, -0.2) is 16.8 Å². The first-order valence-electron chi connectivity index (χ1n) is 5.75. The number of anilines is 1. The van der Waals surface area contributed by atoms with Gasteiger partial charge in [-0.15, -0.1) is 11.6 Å². The fourth-order valence-electron chi connectivity index (χ4n) is 1.54. The molecule has 5 nitrogen and oxygen atoms in total. The Kier molecular flexibility index (Phi) is 4.78. The number of nitrogens with one attached hydrogen (secondary N) is 1. The monoisotopic (exact) mass is 339 g/mol. The minimum Gasteiger partial charge on any atom is -0.378 e. The Balaban J connectivity index is 3.48. The highest BCUT2D eigenvalue weighted by Gasteiger charge is 2.22. The van der Waals surface area contributed by atoms with Gasteiger partial charge in [0.1, 0.15) is 0 Å². The second-order valence-electron chi connectivity index (χ2n) is 5.34. The van der Waals surface area contributed by atoms with Crippen LogP contribution >= 0.6 is 11.6 Å². The van der Waals surface area contributed by atoms with Crippen LogP contribution in [-0.2, 0) is 19.7 Å². The third-order valence-electron chi connectivity index (χ3n) is 2.59. The molecule has 1 N–H and O–H groups in total. The van der Waals surface area contributed by atoms with Gasteiger partial charge in [0.2, 0.25) is 0 Å². The molecule has 8 heteroatoms. The summed E-state index contributed by atoms with van der Waals surface area (Å²) < 4.78 is 46.7. The summed E-state index contributed by atoms with van der Waals surface area (Å²) in [5.74, 6) is 0.268. The lowest BCUT2D eigenvalue weighted by Gasteiger charge is -2.26. The van der Waals surface area contributed by atoms with Crippen molar-refractivity contribution in [3.05, 3.63) is 18.2 Å². The SMILES string of the molecule is CC(C)(CCl)Nc1ccc(S(C)(=O)=O)cc1S(C)(=O)=O. The first-order valence-corrected chi connectivity index (χ1v) is 10.1. The van der Waals surface area contributed by atoms with Crippen molar-refractivity contribution in [1.82, 2.24) is 0 Å². The predicted octanol–water partition coefficient (Wildman–Crippen LogP) is 1.92. The van der Waals surface area contributed by atoms with E-state index in [0.717, 1.165) is 18.6 Å². The van der Waals surface area contributed by atoms with Crippen molar-refractivity contribution in [1.29, 1.82) is 0 Å². The van der Waals surface area contributed by atoms with Crippen LogP contribution in [0.5, 0.6) is 0 Å². The van der Waals surface area contributed by atoms with Gasteiger partial charge in [-0.05, 0) is 32.0 Å². The summed E-state index contributed by atoms with van der Waals surface area (Å²) in [7, 11) is -7.04. The number of halogens is 1. The van der Waals surface area contributed by atoms with E-state index in [1.54, 1.807) is 0 Å². The molecule has 0 saturated heterocycles. The van der Waals surface area contributed by atoms with Crippen molar-refractivity contribution < 1.29 is 16.8 Å². The number of hydrogen-bond acceptors (Lipinski definition) is 5. The zero-order valence-corrected chi connectivity index (χ0v) is 14.2. The van der Waals surface area contributed by atoms with Crippen molar-refractivity contribution >= 4 is 37.0 Å². The number of rotatable bonds is 5. The average Bonchev–Trinajstić information content (AvgIpc) is 2.26. The van der Waals surface area contributed by atoms with Gasteiger partial charge in [-0.3, -0.25) is 0 Å². The zero-order valence-electron chi connectivity index (χ0n) is 11.8. The van der Waals surface area contributed by atoms with Crippen LogP contribution in [0.4, 0.5) is 5.69 Å².